The van der Waals surface area contributed by atoms with Crippen molar-refractivity contribution < 1.29 is 9.84 Å². The van der Waals surface area contributed by atoms with E-state index in [0.717, 1.165) is 16.9 Å². The third-order valence-corrected chi connectivity index (χ3v) is 3.08. The molecule has 0 heterocycles. The van der Waals surface area contributed by atoms with Crippen LogP contribution in [-0.2, 0) is 0 Å². The van der Waals surface area contributed by atoms with E-state index in [0.29, 0.717) is 11.4 Å². The summed E-state index contributed by atoms with van der Waals surface area (Å²) >= 11 is 6.09. The van der Waals surface area contributed by atoms with E-state index in [9.17, 15) is 0 Å². The van der Waals surface area contributed by atoms with E-state index in [1.807, 2.05) is 33.2 Å². The van der Waals surface area contributed by atoms with Gasteiger partial charge in [-0.15, -0.1) is 0 Å². The molecule has 4 heteroatoms. The highest BCUT2D eigenvalue weighted by Crippen LogP contribution is 2.35. The van der Waals surface area contributed by atoms with Gasteiger partial charge in [0.15, 0.2) is 0 Å². The summed E-state index contributed by atoms with van der Waals surface area (Å²) in [7, 11) is 5.62. The monoisotopic (exact) mass is 257 g/mol. The number of nitrogens with zero attached hydrogens (tertiary/aromatic N) is 1. The Bertz CT molecular complexity index is 380. The Morgan fingerprint density at radius 1 is 1.41 bits per heavy atom. The van der Waals surface area contributed by atoms with Crippen LogP contribution in [0.3, 0.4) is 0 Å². The van der Waals surface area contributed by atoms with Gasteiger partial charge < -0.3 is 14.7 Å². The van der Waals surface area contributed by atoms with E-state index in [-0.39, 0.29) is 12.6 Å². The highest BCUT2D eigenvalue weighted by atomic mass is 35.5. The van der Waals surface area contributed by atoms with Crippen molar-refractivity contribution in [2.24, 2.45) is 0 Å². The molecule has 0 aliphatic carbocycles. The van der Waals surface area contributed by atoms with Crippen molar-refractivity contribution in [3.63, 3.8) is 0 Å². The van der Waals surface area contributed by atoms with E-state index in [1.165, 1.54) is 0 Å². The van der Waals surface area contributed by atoms with E-state index < -0.39 is 0 Å². The quantitative estimate of drug-likeness (QED) is 0.880. The second-order valence-electron chi connectivity index (χ2n) is 4.34. The summed E-state index contributed by atoms with van der Waals surface area (Å²) in [5, 5.41) is 9.85. The lowest BCUT2D eigenvalue weighted by Gasteiger charge is -2.26. The predicted molar refractivity (Wildman–Crippen MR) is 70.9 cm³/mol. The van der Waals surface area contributed by atoms with Gasteiger partial charge in [-0.25, -0.2) is 0 Å². The number of aliphatic hydroxyl groups is 1. The van der Waals surface area contributed by atoms with Gasteiger partial charge in [0.25, 0.3) is 0 Å². The average molecular weight is 258 g/mol. The number of rotatable bonds is 5. The van der Waals surface area contributed by atoms with Gasteiger partial charge in [-0.3, -0.25) is 0 Å². The summed E-state index contributed by atoms with van der Waals surface area (Å²) in [6.45, 7) is 2.11. The number of ether oxygens (including phenoxy) is 1. The van der Waals surface area contributed by atoms with Crippen LogP contribution in [0.15, 0.2) is 12.1 Å². The van der Waals surface area contributed by atoms with Crippen LogP contribution in [0.2, 0.25) is 5.02 Å². The molecular formula is C13H20ClNO2. The van der Waals surface area contributed by atoms with Gasteiger partial charge in [-0.2, -0.15) is 0 Å². The maximum Gasteiger partial charge on any atom is 0.126 e. The van der Waals surface area contributed by atoms with Crippen LogP contribution >= 0.6 is 11.6 Å². The molecule has 0 aromatic heterocycles. The summed E-state index contributed by atoms with van der Waals surface area (Å²) < 4.78 is 5.44. The standard InChI is InChI=1S/C13H20ClNO2/c1-9-7-10(14)8-11(13(9)17-4)12(5-6-16)15(2)3/h7-8,12,16H,5-6H2,1-4H3. The Balaban J connectivity index is 3.25. The molecule has 0 aliphatic rings. The number of aliphatic hydroxyl groups excluding tert-OH is 1. The molecule has 0 bridgehead atoms. The van der Waals surface area contributed by atoms with Crippen molar-refractivity contribution in [2.45, 2.75) is 19.4 Å². The normalized spacial score (nSPS) is 12.9. The van der Waals surface area contributed by atoms with E-state index in [1.54, 1.807) is 7.11 Å². The molecule has 17 heavy (non-hydrogen) atoms. The van der Waals surface area contributed by atoms with Crippen LogP contribution in [0.1, 0.15) is 23.6 Å². The van der Waals surface area contributed by atoms with Crippen molar-refractivity contribution in [3.8, 4) is 5.75 Å². The fourth-order valence-electron chi connectivity index (χ4n) is 2.10. The molecule has 0 spiro atoms. The number of aryl methyl sites for hydroxylation is 1. The zero-order chi connectivity index (χ0) is 13.0. The molecule has 1 aromatic rings. The lowest BCUT2D eigenvalue weighted by molar-refractivity contribution is 0.207. The summed E-state index contributed by atoms with van der Waals surface area (Å²) in [4.78, 5) is 2.06. The zero-order valence-corrected chi connectivity index (χ0v) is 11.6. The molecule has 96 valence electrons. The van der Waals surface area contributed by atoms with Gasteiger partial charge in [0.2, 0.25) is 0 Å². The van der Waals surface area contributed by atoms with Gasteiger partial charge in [0.1, 0.15) is 5.75 Å². The van der Waals surface area contributed by atoms with Crippen LogP contribution < -0.4 is 4.74 Å². The molecule has 1 unspecified atom stereocenters. The maximum atomic E-state index is 9.15. The summed E-state index contributed by atoms with van der Waals surface area (Å²) in [6.07, 6.45) is 0.656. The van der Waals surface area contributed by atoms with Crippen molar-refractivity contribution in [3.05, 3.63) is 28.3 Å². The Hall–Kier alpha value is -0.770. The highest BCUT2D eigenvalue weighted by molar-refractivity contribution is 6.30. The Morgan fingerprint density at radius 2 is 2.06 bits per heavy atom. The van der Waals surface area contributed by atoms with Gasteiger partial charge in [0, 0.05) is 23.2 Å². The first-order chi connectivity index (χ1) is 8.01. The molecule has 3 nitrogen and oxygen atoms in total. The number of hydrogen-bond donors (Lipinski definition) is 1. The lowest BCUT2D eigenvalue weighted by Crippen LogP contribution is -2.22. The van der Waals surface area contributed by atoms with E-state index in [2.05, 4.69) is 4.90 Å². The van der Waals surface area contributed by atoms with Crippen LogP contribution in [0.25, 0.3) is 0 Å². The number of halogens is 1. The third-order valence-electron chi connectivity index (χ3n) is 2.86. The minimum atomic E-state index is 0.104. The second kappa shape index (κ2) is 6.24. The molecular weight excluding hydrogens is 238 g/mol. The molecule has 1 atom stereocenters. The fraction of sp³-hybridized carbons (Fsp3) is 0.538. The van der Waals surface area contributed by atoms with Crippen LogP contribution in [-0.4, -0.2) is 37.8 Å². The molecule has 1 rings (SSSR count). The molecule has 0 radical (unpaired) electrons. The SMILES string of the molecule is COc1c(C)cc(Cl)cc1C(CCO)N(C)C. The highest BCUT2D eigenvalue weighted by Gasteiger charge is 2.20. The van der Waals surface area contributed by atoms with E-state index >= 15 is 0 Å². The van der Waals surface area contributed by atoms with Gasteiger partial charge in [-0.05, 0) is 45.1 Å². The largest absolute Gasteiger partial charge is 0.496 e. The molecule has 0 aliphatic heterocycles. The average Bonchev–Trinajstić information content (AvgIpc) is 2.24. The first-order valence-electron chi connectivity index (χ1n) is 5.62. The Morgan fingerprint density at radius 3 is 2.53 bits per heavy atom. The first-order valence-corrected chi connectivity index (χ1v) is 6.00. The number of benzene rings is 1. The molecule has 0 amide bonds. The molecule has 0 fully saturated rings. The van der Waals surface area contributed by atoms with Crippen LogP contribution in [0.4, 0.5) is 0 Å². The van der Waals surface area contributed by atoms with Crippen molar-refractivity contribution in [2.75, 3.05) is 27.8 Å². The summed E-state index contributed by atoms with van der Waals surface area (Å²) in [5.74, 6) is 0.849. The maximum absolute atomic E-state index is 9.15. The lowest BCUT2D eigenvalue weighted by atomic mass is 9.99. The molecule has 1 aromatic carbocycles. The van der Waals surface area contributed by atoms with Gasteiger partial charge in [0.05, 0.1) is 7.11 Å². The minimum Gasteiger partial charge on any atom is -0.496 e. The van der Waals surface area contributed by atoms with Crippen LogP contribution in [0, 0.1) is 6.92 Å². The van der Waals surface area contributed by atoms with Crippen molar-refractivity contribution in [1.82, 2.24) is 4.90 Å². The molecule has 0 saturated heterocycles. The number of hydrogen-bond acceptors (Lipinski definition) is 3. The van der Waals surface area contributed by atoms with Gasteiger partial charge >= 0.3 is 0 Å². The molecule has 1 N–H and O–H groups in total. The fourth-order valence-corrected chi connectivity index (χ4v) is 2.38. The minimum absolute atomic E-state index is 0.104. The topological polar surface area (TPSA) is 32.7 Å². The Kier molecular flexibility index (Phi) is 5.25. The van der Waals surface area contributed by atoms with Crippen LogP contribution in [0.5, 0.6) is 5.75 Å². The first kappa shape index (κ1) is 14.3. The van der Waals surface area contributed by atoms with Crippen molar-refractivity contribution >= 4 is 11.6 Å². The zero-order valence-electron chi connectivity index (χ0n) is 10.8. The summed E-state index contributed by atoms with van der Waals surface area (Å²) in [6, 6.07) is 3.90. The van der Waals surface area contributed by atoms with Crippen molar-refractivity contribution in [1.29, 1.82) is 0 Å². The van der Waals surface area contributed by atoms with Gasteiger partial charge in [-0.1, -0.05) is 11.6 Å². The Labute approximate surface area is 108 Å². The summed E-state index contributed by atoms with van der Waals surface area (Å²) in [5.41, 5.74) is 2.04. The smallest absolute Gasteiger partial charge is 0.126 e. The number of methoxy groups -OCH3 is 1. The second-order valence-corrected chi connectivity index (χ2v) is 4.77. The molecule has 0 saturated carbocycles. The van der Waals surface area contributed by atoms with E-state index in [4.69, 9.17) is 21.4 Å². The predicted octanol–water partition coefficient (Wildman–Crippen LogP) is 2.64. The third kappa shape index (κ3) is 3.35.